The molecule has 101 heavy (non-hydrogen) atoms. The van der Waals surface area contributed by atoms with E-state index in [2.05, 4.69) is 185 Å². The highest BCUT2D eigenvalue weighted by atomic mass is 31.2. The molecule has 5 atom stereocenters. The van der Waals surface area contributed by atoms with Gasteiger partial charge in [-0.25, -0.2) is 9.13 Å². The van der Waals surface area contributed by atoms with E-state index in [0.717, 1.165) is 167 Å². The van der Waals surface area contributed by atoms with Crippen molar-refractivity contribution in [2.75, 3.05) is 39.6 Å². The molecule has 0 bridgehead atoms. The van der Waals surface area contributed by atoms with Crippen LogP contribution in [-0.4, -0.2) is 95.9 Å². The number of aliphatic hydroxyl groups is 2. The van der Waals surface area contributed by atoms with E-state index in [9.17, 15) is 43.5 Å². The van der Waals surface area contributed by atoms with E-state index < -0.39 is 91.5 Å². The summed E-state index contributed by atoms with van der Waals surface area (Å²) in [4.78, 5) is 58.6. The Morgan fingerprint density at radius 3 is 0.842 bits per heavy atom. The van der Waals surface area contributed by atoms with Crippen LogP contribution in [0.25, 0.3) is 0 Å². The van der Waals surface area contributed by atoms with Gasteiger partial charge >= 0.3 is 33.6 Å². The quantitative estimate of drug-likeness (QED) is 0.0146. The first-order chi connectivity index (χ1) is 49.2. The zero-order valence-electron chi connectivity index (χ0n) is 62.2. The summed E-state index contributed by atoms with van der Waals surface area (Å²) >= 11 is 0. The molecular formula is C83H134O16P2. The van der Waals surface area contributed by atoms with Gasteiger partial charge in [-0.2, -0.15) is 0 Å². The summed E-state index contributed by atoms with van der Waals surface area (Å²) in [5.41, 5.74) is 0. The average molecular weight is 1450 g/mol. The highest BCUT2D eigenvalue weighted by molar-refractivity contribution is 7.47. The number of hydrogen-bond acceptors (Lipinski definition) is 14. The fourth-order valence-electron chi connectivity index (χ4n) is 9.44. The molecule has 0 aromatic heterocycles. The molecule has 572 valence electrons. The topological polar surface area (TPSA) is 231 Å². The Morgan fingerprint density at radius 2 is 0.515 bits per heavy atom. The molecule has 0 saturated heterocycles. The minimum Gasteiger partial charge on any atom is -0.463 e. The second-order valence-electron chi connectivity index (χ2n) is 24.7. The molecule has 5 unspecified atom stereocenters. The molecule has 0 aliphatic rings. The van der Waals surface area contributed by atoms with Crippen molar-refractivity contribution in [1.29, 1.82) is 0 Å². The molecule has 0 heterocycles. The summed E-state index contributed by atoms with van der Waals surface area (Å²) in [6.45, 7) is 2.21. The monoisotopic (exact) mass is 1450 g/mol. The van der Waals surface area contributed by atoms with Crippen molar-refractivity contribution in [2.24, 2.45) is 0 Å². The van der Waals surface area contributed by atoms with E-state index >= 15 is 0 Å². The minimum atomic E-state index is -4.96. The van der Waals surface area contributed by atoms with Crippen molar-refractivity contribution < 1.29 is 75.8 Å². The van der Waals surface area contributed by atoms with Gasteiger partial charge in [-0.15, -0.1) is 0 Å². The van der Waals surface area contributed by atoms with Crippen molar-refractivity contribution >= 4 is 33.6 Å². The van der Waals surface area contributed by atoms with Crippen LogP contribution in [0.4, 0.5) is 0 Å². The van der Waals surface area contributed by atoms with Crippen molar-refractivity contribution in [3.8, 4) is 0 Å². The van der Waals surface area contributed by atoms with Crippen molar-refractivity contribution in [3.63, 3.8) is 0 Å². The second kappa shape index (κ2) is 74.4. The molecular weight excluding hydrogens is 1310 g/mol. The number of aliphatic hydroxyl groups excluding tert-OH is 2. The predicted molar refractivity (Wildman–Crippen MR) is 417 cm³/mol. The maximum absolute atomic E-state index is 13.0. The Labute approximate surface area is 611 Å². The first-order valence-electron chi connectivity index (χ1n) is 38.1. The summed E-state index contributed by atoms with van der Waals surface area (Å²) in [6, 6.07) is 0. The smallest absolute Gasteiger partial charge is 0.463 e. The van der Waals surface area contributed by atoms with Crippen LogP contribution in [0.2, 0.25) is 0 Å². The van der Waals surface area contributed by atoms with Crippen LogP contribution in [0, 0.1) is 0 Å². The molecule has 0 rings (SSSR count). The lowest BCUT2D eigenvalue weighted by molar-refractivity contribution is -0.161. The maximum Gasteiger partial charge on any atom is 0.472 e. The summed E-state index contributed by atoms with van der Waals surface area (Å²) in [5.74, 6) is -1.70. The van der Waals surface area contributed by atoms with Crippen molar-refractivity contribution in [1.82, 2.24) is 0 Å². The van der Waals surface area contributed by atoms with Crippen LogP contribution < -0.4 is 0 Å². The highest BCUT2D eigenvalue weighted by Gasteiger charge is 2.29. The molecule has 0 aromatic carbocycles. The zero-order chi connectivity index (χ0) is 73.7. The molecule has 0 spiro atoms. The van der Waals surface area contributed by atoms with E-state index in [-0.39, 0.29) is 19.3 Å². The number of rotatable bonds is 70. The molecule has 0 aromatic rings. The van der Waals surface area contributed by atoms with Crippen LogP contribution in [0.1, 0.15) is 265 Å². The lowest BCUT2D eigenvalue weighted by Crippen LogP contribution is -2.30. The highest BCUT2D eigenvalue weighted by Crippen LogP contribution is 2.45. The SMILES string of the molecule is CC/C=C\C/C=C\C/C=C\C/C=C\C/C=C\C/C=C\CCCCCCCCCCCCC(=O)OCC(O)COP(=O)(O)OCC(O)COP(=O)(O)OCC(COC(=O)CC/C=C\C/C=C\C/C=C\C/C=C\C/C=C\C/C=C\CC)OC(=O)CCCCCCCCC/C=C\C/C=C\C/C=C\CC. The minimum absolute atomic E-state index is 0.0365. The maximum atomic E-state index is 13.0. The standard InChI is InChI=1S/C83H134O16P2/c1-4-7-10-13-16-19-22-25-28-31-33-34-35-36-37-38-39-40-41-42-44-47-48-51-54-57-60-63-66-69-81(86)93-72-78(84)73-95-100(89,90)96-74-79(85)75-97-101(91,92)98-77-80(99-83(88)71-68-65-62-59-56-53-50-45-30-27-24-21-18-15-12-9-6-3)76-94-82(87)70-67-64-61-58-55-52-49-46-43-32-29-26-23-20-17-14-11-8-5-2/h7-12,16-21,25-30,33-34,36-37,39-40,43,46,52,55,61,64,78-80,84-85H,4-6,13-15,22-24,31-32,35,38,41-42,44-45,47-51,53-54,56-60,62-63,65-77H2,1-3H3,(H,89,90)(H,91,92)/b10-7-,11-8-,12-9-,19-16-,20-17-,21-18-,28-25-,29-26-,30-27-,34-33-,37-36-,40-39-,46-43-,55-52-,64-61-. The number of carbonyl (C=O) groups excluding carboxylic acids is 3. The molecule has 0 fully saturated rings. The van der Waals surface area contributed by atoms with Gasteiger partial charge < -0.3 is 34.2 Å². The fourth-order valence-corrected chi connectivity index (χ4v) is 11.0. The lowest BCUT2D eigenvalue weighted by atomic mass is 10.1. The number of hydrogen-bond donors (Lipinski definition) is 4. The van der Waals surface area contributed by atoms with Crippen molar-refractivity contribution in [2.45, 2.75) is 283 Å². The number of allylic oxidation sites excluding steroid dienone is 30. The van der Waals surface area contributed by atoms with E-state index in [1.165, 1.54) is 32.1 Å². The largest absolute Gasteiger partial charge is 0.472 e. The molecule has 0 saturated carbocycles. The lowest BCUT2D eigenvalue weighted by Gasteiger charge is -2.21. The first kappa shape index (κ1) is 95.6. The Hall–Kier alpha value is -5.35. The molecule has 0 aliphatic heterocycles. The van der Waals surface area contributed by atoms with Crippen molar-refractivity contribution in [3.05, 3.63) is 182 Å². The Bertz CT molecular complexity index is 2570. The number of ether oxygens (including phenoxy) is 3. The van der Waals surface area contributed by atoms with Gasteiger partial charge in [-0.3, -0.25) is 32.5 Å². The van der Waals surface area contributed by atoms with Gasteiger partial charge in [-0.05, 0) is 141 Å². The van der Waals surface area contributed by atoms with E-state index in [1.807, 2.05) is 18.2 Å². The Balaban J connectivity index is 4.64. The van der Waals surface area contributed by atoms with Crippen LogP contribution in [0.15, 0.2) is 182 Å². The molecule has 0 radical (unpaired) electrons. The number of carbonyl (C=O) groups is 3. The normalized spacial score (nSPS) is 15.0. The van der Waals surface area contributed by atoms with E-state index in [4.69, 9.17) is 32.3 Å². The van der Waals surface area contributed by atoms with E-state index in [1.54, 1.807) is 0 Å². The summed E-state index contributed by atoms with van der Waals surface area (Å²) in [7, 11) is -9.83. The first-order valence-corrected chi connectivity index (χ1v) is 41.1. The third kappa shape index (κ3) is 75.6. The number of phosphoric ester groups is 2. The van der Waals surface area contributed by atoms with Gasteiger partial charge in [0.15, 0.2) is 6.10 Å². The third-order valence-corrected chi connectivity index (χ3v) is 17.0. The van der Waals surface area contributed by atoms with Crippen LogP contribution in [0.5, 0.6) is 0 Å². The van der Waals surface area contributed by atoms with Gasteiger partial charge in [0.25, 0.3) is 0 Å². The number of phosphoric acid groups is 2. The van der Waals surface area contributed by atoms with Gasteiger partial charge in [0, 0.05) is 19.3 Å². The zero-order valence-corrected chi connectivity index (χ0v) is 64.0. The third-order valence-electron chi connectivity index (χ3n) is 15.1. The molecule has 0 aliphatic carbocycles. The van der Waals surface area contributed by atoms with Crippen LogP contribution in [-0.2, 0) is 55.8 Å². The van der Waals surface area contributed by atoms with Gasteiger partial charge in [0.2, 0.25) is 0 Å². The Morgan fingerprint density at radius 1 is 0.277 bits per heavy atom. The summed E-state index contributed by atoms with van der Waals surface area (Å²) in [6.07, 6.45) is 95.3. The van der Waals surface area contributed by atoms with Crippen LogP contribution >= 0.6 is 15.6 Å². The number of esters is 3. The van der Waals surface area contributed by atoms with Gasteiger partial charge in [-0.1, -0.05) is 287 Å². The van der Waals surface area contributed by atoms with Crippen LogP contribution in [0.3, 0.4) is 0 Å². The molecule has 18 heteroatoms. The molecule has 4 N–H and O–H groups in total. The Kier molecular flexibility index (Phi) is 70.4. The van der Waals surface area contributed by atoms with Gasteiger partial charge in [0.1, 0.15) is 25.4 Å². The summed E-state index contributed by atoms with van der Waals surface area (Å²) < 4.78 is 61.0. The van der Waals surface area contributed by atoms with Gasteiger partial charge in [0.05, 0.1) is 26.4 Å². The fraction of sp³-hybridized carbons (Fsp3) is 0.602. The summed E-state index contributed by atoms with van der Waals surface area (Å²) in [5, 5.41) is 20.6. The van der Waals surface area contributed by atoms with E-state index in [0.29, 0.717) is 25.7 Å². The average Bonchev–Trinajstić information content (AvgIpc) is 1.06. The molecule has 0 amide bonds. The molecule has 16 nitrogen and oxygen atoms in total. The number of unbranched alkanes of at least 4 members (excludes halogenated alkanes) is 17. The second-order valence-corrected chi connectivity index (χ2v) is 27.6. The predicted octanol–water partition coefficient (Wildman–Crippen LogP) is 22.2.